The van der Waals surface area contributed by atoms with Crippen molar-refractivity contribution in [2.45, 2.75) is 57.5 Å². The minimum Gasteiger partial charge on any atom is -0.350 e. The molecule has 0 aliphatic heterocycles. The summed E-state index contributed by atoms with van der Waals surface area (Å²) in [4.78, 5) is 43.4. The molecule has 32 heavy (non-hydrogen) atoms. The first-order valence-corrected chi connectivity index (χ1v) is 11.0. The fraction of sp³-hybridized carbons (Fsp3) is 0.417. The molecule has 8 heteroatoms. The van der Waals surface area contributed by atoms with Gasteiger partial charge < -0.3 is 15.5 Å². The molecule has 0 spiro atoms. The third-order valence-corrected chi connectivity index (χ3v) is 5.55. The van der Waals surface area contributed by atoms with Crippen molar-refractivity contribution < 1.29 is 18.8 Å². The van der Waals surface area contributed by atoms with E-state index in [1.807, 2.05) is 0 Å². The Balaban J connectivity index is 1.53. The van der Waals surface area contributed by atoms with Crippen LogP contribution in [0.2, 0.25) is 0 Å². The van der Waals surface area contributed by atoms with Crippen LogP contribution in [0.15, 0.2) is 48.7 Å². The summed E-state index contributed by atoms with van der Waals surface area (Å²) in [5.74, 6) is -0.659. The SMILES string of the molecule is O=C(CN(C(=O)CCC(=O)Nc1ccccn1)C1CCCCC1)NCc1ccc(F)cc1. The number of nitrogens with zero attached hydrogens (tertiary/aromatic N) is 2. The van der Waals surface area contributed by atoms with Gasteiger partial charge in [0.1, 0.15) is 11.6 Å². The van der Waals surface area contributed by atoms with E-state index in [1.165, 1.54) is 12.1 Å². The Morgan fingerprint density at radius 3 is 2.41 bits per heavy atom. The Morgan fingerprint density at radius 2 is 1.72 bits per heavy atom. The fourth-order valence-electron chi connectivity index (χ4n) is 3.83. The maximum atomic E-state index is 13.0. The highest BCUT2D eigenvalue weighted by molar-refractivity contribution is 5.93. The van der Waals surface area contributed by atoms with Crippen LogP contribution in [0.5, 0.6) is 0 Å². The molecule has 0 radical (unpaired) electrons. The summed E-state index contributed by atoms with van der Waals surface area (Å²) < 4.78 is 13.0. The number of carbonyl (C=O) groups is 3. The van der Waals surface area contributed by atoms with Gasteiger partial charge in [-0.25, -0.2) is 9.37 Å². The van der Waals surface area contributed by atoms with Gasteiger partial charge in [0.2, 0.25) is 17.7 Å². The number of hydrogen-bond acceptors (Lipinski definition) is 4. The molecule has 1 aromatic carbocycles. The zero-order valence-corrected chi connectivity index (χ0v) is 18.1. The highest BCUT2D eigenvalue weighted by atomic mass is 19.1. The van der Waals surface area contributed by atoms with Crippen LogP contribution >= 0.6 is 0 Å². The van der Waals surface area contributed by atoms with Gasteiger partial charge in [-0.15, -0.1) is 0 Å². The Bertz CT molecular complexity index is 899. The Kier molecular flexibility index (Phi) is 8.71. The zero-order chi connectivity index (χ0) is 22.8. The van der Waals surface area contributed by atoms with Crippen molar-refractivity contribution in [2.75, 3.05) is 11.9 Å². The van der Waals surface area contributed by atoms with Crippen LogP contribution in [0, 0.1) is 5.82 Å². The Labute approximate surface area is 187 Å². The van der Waals surface area contributed by atoms with E-state index in [1.54, 1.807) is 41.4 Å². The number of amides is 3. The van der Waals surface area contributed by atoms with Crippen molar-refractivity contribution in [3.05, 3.63) is 60.0 Å². The van der Waals surface area contributed by atoms with Crippen LogP contribution < -0.4 is 10.6 Å². The van der Waals surface area contributed by atoms with Gasteiger partial charge in [0.25, 0.3) is 0 Å². The average Bonchev–Trinajstić information content (AvgIpc) is 2.82. The van der Waals surface area contributed by atoms with E-state index in [9.17, 15) is 18.8 Å². The van der Waals surface area contributed by atoms with Crippen molar-refractivity contribution in [3.63, 3.8) is 0 Å². The van der Waals surface area contributed by atoms with Gasteiger partial charge in [-0.05, 0) is 42.7 Å². The molecule has 7 nitrogen and oxygen atoms in total. The highest BCUT2D eigenvalue weighted by Crippen LogP contribution is 2.23. The quantitative estimate of drug-likeness (QED) is 0.625. The second-order valence-corrected chi connectivity index (χ2v) is 7.98. The number of pyridine rings is 1. The van der Waals surface area contributed by atoms with Crippen LogP contribution in [0.4, 0.5) is 10.2 Å². The van der Waals surface area contributed by atoms with Crippen molar-refractivity contribution in [3.8, 4) is 0 Å². The first kappa shape index (κ1) is 23.4. The second-order valence-electron chi connectivity index (χ2n) is 7.98. The molecule has 1 fully saturated rings. The number of aromatic nitrogens is 1. The summed E-state index contributed by atoms with van der Waals surface area (Å²) in [6.45, 7) is 0.213. The molecular formula is C24H29FN4O3. The molecule has 1 heterocycles. The number of halogens is 1. The summed E-state index contributed by atoms with van der Waals surface area (Å²) in [5, 5.41) is 5.47. The summed E-state index contributed by atoms with van der Waals surface area (Å²) in [5.41, 5.74) is 0.779. The van der Waals surface area contributed by atoms with Crippen molar-refractivity contribution >= 4 is 23.5 Å². The van der Waals surface area contributed by atoms with Crippen LogP contribution in [0.3, 0.4) is 0 Å². The van der Waals surface area contributed by atoms with Crippen LogP contribution in [0.25, 0.3) is 0 Å². The number of nitrogens with one attached hydrogen (secondary N) is 2. The number of anilines is 1. The zero-order valence-electron chi connectivity index (χ0n) is 18.1. The second kappa shape index (κ2) is 11.9. The molecule has 3 amide bonds. The highest BCUT2D eigenvalue weighted by Gasteiger charge is 2.27. The lowest BCUT2D eigenvalue weighted by atomic mass is 9.94. The lowest BCUT2D eigenvalue weighted by molar-refractivity contribution is -0.139. The fourth-order valence-corrected chi connectivity index (χ4v) is 3.83. The van der Waals surface area contributed by atoms with Crippen molar-refractivity contribution in [2.24, 2.45) is 0 Å². The summed E-state index contributed by atoms with van der Waals surface area (Å²) in [7, 11) is 0. The molecule has 1 aromatic heterocycles. The van der Waals surface area contributed by atoms with Crippen LogP contribution in [-0.4, -0.2) is 40.2 Å². The summed E-state index contributed by atoms with van der Waals surface area (Å²) >= 11 is 0. The predicted molar refractivity (Wildman–Crippen MR) is 119 cm³/mol. The number of rotatable bonds is 9. The third-order valence-electron chi connectivity index (χ3n) is 5.55. The standard InChI is InChI=1S/C24H29FN4O3/c25-19-11-9-18(10-12-19)16-27-23(31)17-29(20-6-2-1-3-7-20)24(32)14-13-22(30)28-21-8-4-5-15-26-21/h4-5,8-12,15,20H,1-3,6-7,13-14,16-17H2,(H,27,31)(H,26,28,30). The Morgan fingerprint density at radius 1 is 0.969 bits per heavy atom. The van der Waals surface area contributed by atoms with Gasteiger partial charge in [0.15, 0.2) is 0 Å². The molecule has 0 saturated heterocycles. The monoisotopic (exact) mass is 440 g/mol. The molecule has 1 aliphatic carbocycles. The van der Waals surface area contributed by atoms with E-state index in [4.69, 9.17) is 0 Å². The van der Waals surface area contributed by atoms with E-state index < -0.39 is 0 Å². The van der Waals surface area contributed by atoms with Crippen molar-refractivity contribution in [1.82, 2.24) is 15.2 Å². The molecule has 2 N–H and O–H groups in total. The van der Waals surface area contributed by atoms with Gasteiger partial charge in [-0.3, -0.25) is 14.4 Å². The van der Waals surface area contributed by atoms with E-state index in [0.29, 0.717) is 5.82 Å². The molecule has 0 unspecified atom stereocenters. The van der Waals surface area contributed by atoms with Gasteiger partial charge in [0.05, 0.1) is 6.54 Å². The number of carbonyl (C=O) groups excluding carboxylic acids is 3. The molecular weight excluding hydrogens is 411 g/mol. The molecule has 0 bridgehead atoms. The van der Waals surface area contributed by atoms with E-state index in [2.05, 4.69) is 15.6 Å². The van der Waals surface area contributed by atoms with Crippen LogP contribution in [0.1, 0.15) is 50.5 Å². The molecule has 170 valence electrons. The minimum absolute atomic E-state index is 0.00618. The number of benzene rings is 1. The van der Waals surface area contributed by atoms with Crippen LogP contribution in [-0.2, 0) is 20.9 Å². The first-order chi connectivity index (χ1) is 15.5. The normalized spacial score (nSPS) is 13.9. The van der Waals surface area contributed by atoms with Gasteiger partial charge >= 0.3 is 0 Å². The molecule has 1 aliphatic rings. The smallest absolute Gasteiger partial charge is 0.239 e. The maximum absolute atomic E-state index is 13.0. The summed E-state index contributed by atoms with van der Waals surface area (Å²) in [6, 6.07) is 11.1. The lowest BCUT2D eigenvalue weighted by Crippen LogP contribution is -2.47. The molecule has 1 saturated carbocycles. The topological polar surface area (TPSA) is 91.4 Å². The van der Waals surface area contributed by atoms with Gasteiger partial charge in [-0.2, -0.15) is 0 Å². The van der Waals surface area contributed by atoms with Gasteiger partial charge in [-0.1, -0.05) is 37.5 Å². The van der Waals surface area contributed by atoms with Gasteiger partial charge in [0, 0.05) is 31.6 Å². The lowest BCUT2D eigenvalue weighted by Gasteiger charge is -2.34. The van der Waals surface area contributed by atoms with E-state index in [0.717, 1.165) is 37.7 Å². The Hall–Kier alpha value is -3.29. The average molecular weight is 441 g/mol. The minimum atomic E-state index is -0.332. The third kappa shape index (κ3) is 7.44. The van der Waals surface area contributed by atoms with E-state index >= 15 is 0 Å². The predicted octanol–water partition coefficient (Wildman–Crippen LogP) is 3.42. The summed E-state index contributed by atoms with van der Waals surface area (Å²) in [6.07, 6.45) is 6.51. The van der Waals surface area contributed by atoms with Crippen molar-refractivity contribution in [1.29, 1.82) is 0 Å². The molecule has 0 atom stereocenters. The number of hydrogen-bond donors (Lipinski definition) is 2. The first-order valence-electron chi connectivity index (χ1n) is 11.0. The molecule has 2 aromatic rings. The maximum Gasteiger partial charge on any atom is 0.239 e. The van der Waals surface area contributed by atoms with E-state index in [-0.39, 0.29) is 55.5 Å². The molecule has 3 rings (SSSR count). The largest absolute Gasteiger partial charge is 0.350 e.